The maximum Gasteiger partial charge on any atom is 0.274 e. The molecule has 1 amide bonds. The number of carbonyl (C=O) groups is 1. The highest BCUT2D eigenvalue weighted by Gasteiger charge is 2.25. The van der Waals surface area contributed by atoms with Crippen LogP contribution in [0.5, 0.6) is 0 Å². The molecule has 0 N–H and O–H groups in total. The van der Waals surface area contributed by atoms with Gasteiger partial charge in [-0.1, -0.05) is 6.07 Å². The normalized spacial score (nSPS) is 15.4. The summed E-state index contributed by atoms with van der Waals surface area (Å²) in [5.74, 6) is 1.11. The van der Waals surface area contributed by atoms with Gasteiger partial charge in [-0.25, -0.2) is 19.9 Å². The number of hydrogen-bond acceptors (Lipinski definition) is 6. The molecule has 9 heteroatoms. The van der Waals surface area contributed by atoms with Gasteiger partial charge in [0.2, 0.25) is 5.95 Å². The zero-order valence-electron chi connectivity index (χ0n) is 16.7. The van der Waals surface area contributed by atoms with E-state index in [4.69, 9.17) is 4.98 Å². The van der Waals surface area contributed by atoms with Crippen LogP contribution in [-0.4, -0.2) is 77.8 Å². The van der Waals surface area contributed by atoms with Crippen molar-refractivity contribution in [3.05, 3.63) is 61.1 Å². The molecule has 4 aromatic heterocycles. The van der Waals surface area contributed by atoms with Crippen LogP contribution in [0.1, 0.15) is 16.9 Å². The number of carbonyl (C=O) groups excluding carboxylic acids is 1. The van der Waals surface area contributed by atoms with E-state index in [2.05, 4.69) is 26.9 Å². The predicted octanol–water partition coefficient (Wildman–Crippen LogP) is 1.75. The van der Waals surface area contributed by atoms with Crippen molar-refractivity contribution in [3.8, 4) is 17.5 Å². The number of aromatic nitrogens is 6. The second-order valence-corrected chi connectivity index (χ2v) is 7.40. The first-order chi connectivity index (χ1) is 14.7. The topological polar surface area (TPSA) is 84.5 Å². The average molecular weight is 402 g/mol. The van der Waals surface area contributed by atoms with E-state index in [0.29, 0.717) is 29.7 Å². The number of pyridine rings is 1. The second kappa shape index (κ2) is 7.68. The molecule has 5 rings (SSSR count). The molecule has 0 aromatic carbocycles. The van der Waals surface area contributed by atoms with Gasteiger partial charge in [0.05, 0.1) is 5.52 Å². The number of fused-ring (bicyclic) bond motifs is 1. The minimum atomic E-state index is -0.0360. The molecule has 1 fully saturated rings. The quantitative estimate of drug-likeness (QED) is 0.519. The molecule has 9 nitrogen and oxygen atoms in total. The zero-order valence-corrected chi connectivity index (χ0v) is 16.7. The smallest absolute Gasteiger partial charge is 0.274 e. The van der Waals surface area contributed by atoms with Crippen molar-refractivity contribution in [2.24, 2.45) is 0 Å². The Morgan fingerprint density at radius 1 is 1.00 bits per heavy atom. The Morgan fingerprint density at radius 3 is 2.73 bits per heavy atom. The van der Waals surface area contributed by atoms with E-state index in [0.717, 1.165) is 31.6 Å². The van der Waals surface area contributed by atoms with E-state index >= 15 is 0 Å². The number of rotatable bonds is 3. The predicted molar refractivity (Wildman–Crippen MR) is 111 cm³/mol. The SMILES string of the molecule is CN1CCCN(C(=O)c2nc(-c3cn(-c4ncccn4)cn3)n3ccccc23)CC1. The minimum Gasteiger partial charge on any atom is -0.336 e. The summed E-state index contributed by atoms with van der Waals surface area (Å²) in [4.78, 5) is 35.2. The summed E-state index contributed by atoms with van der Waals surface area (Å²) < 4.78 is 3.65. The van der Waals surface area contributed by atoms with Crippen molar-refractivity contribution in [2.75, 3.05) is 33.2 Å². The van der Waals surface area contributed by atoms with E-state index < -0.39 is 0 Å². The number of likely N-dealkylation sites (N-methyl/N-ethyl adjacent to an activating group) is 1. The van der Waals surface area contributed by atoms with Crippen LogP contribution in [0.3, 0.4) is 0 Å². The van der Waals surface area contributed by atoms with Crippen molar-refractivity contribution < 1.29 is 4.79 Å². The second-order valence-electron chi connectivity index (χ2n) is 7.40. The highest BCUT2D eigenvalue weighted by atomic mass is 16.2. The van der Waals surface area contributed by atoms with Gasteiger partial charge < -0.3 is 9.80 Å². The van der Waals surface area contributed by atoms with Crippen LogP contribution >= 0.6 is 0 Å². The number of nitrogens with zero attached hydrogens (tertiary/aromatic N) is 8. The average Bonchev–Trinajstić information content (AvgIpc) is 3.35. The summed E-state index contributed by atoms with van der Waals surface area (Å²) in [7, 11) is 2.09. The molecule has 30 heavy (non-hydrogen) atoms. The van der Waals surface area contributed by atoms with Crippen molar-refractivity contribution in [1.29, 1.82) is 0 Å². The van der Waals surface area contributed by atoms with Crippen LogP contribution in [-0.2, 0) is 0 Å². The van der Waals surface area contributed by atoms with Crippen molar-refractivity contribution in [1.82, 2.24) is 38.7 Å². The summed E-state index contributed by atoms with van der Waals surface area (Å²) in [6.45, 7) is 3.31. The lowest BCUT2D eigenvalue weighted by Gasteiger charge is -2.19. The van der Waals surface area contributed by atoms with E-state index in [9.17, 15) is 4.79 Å². The zero-order chi connectivity index (χ0) is 20.5. The maximum absolute atomic E-state index is 13.3. The first kappa shape index (κ1) is 18.4. The van der Waals surface area contributed by atoms with Gasteiger partial charge in [0.1, 0.15) is 12.0 Å². The Morgan fingerprint density at radius 2 is 1.87 bits per heavy atom. The number of hydrogen-bond donors (Lipinski definition) is 0. The van der Waals surface area contributed by atoms with Crippen LogP contribution in [0, 0.1) is 0 Å². The standard InChI is InChI=1S/C21H22N8O/c1-26-9-5-10-27(13-12-26)20(30)18-17-6-2-3-11-29(17)19(25-18)16-14-28(15-24-16)21-22-7-4-8-23-21/h2-4,6-8,11,14-15H,5,9-10,12-13H2,1H3. The summed E-state index contributed by atoms with van der Waals surface area (Å²) in [5, 5.41) is 0. The van der Waals surface area contributed by atoms with Gasteiger partial charge in [-0.2, -0.15) is 0 Å². The summed E-state index contributed by atoms with van der Waals surface area (Å²) in [5.41, 5.74) is 1.89. The highest BCUT2D eigenvalue weighted by molar-refractivity contribution is 6.00. The van der Waals surface area contributed by atoms with Gasteiger partial charge in [0.15, 0.2) is 11.5 Å². The lowest BCUT2D eigenvalue weighted by molar-refractivity contribution is 0.0759. The first-order valence-corrected chi connectivity index (χ1v) is 9.97. The van der Waals surface area contributed by atoms with Crippen LogP contribution in [0.25, 0.3) is 23.0 Å². The Hall–Kier alpha value is -3.59. The maximum atomic E-state index is 13.3. The molecule has 0 aliphatic carbocycles. The van der Waals surface area contributed by atoms with Crippen LogP contribution < -0.4 is 0 Å². The Labute approximate surface area is 173 Å². The molecule has 0 saturated carbocycles. The van der Waals surface area contributed by atoms with Gasteiger partial charge in [-0.3, -0.25) is 13.8 Å². The van der Waals surface area contributed by atoms with E-state index in [1.807, 2.05) is 39.9 Å². The van der Waals surface area contributed by atoms with Gasteiger partial charge in [-0.15, -0.1) is 0 Å². The summed E-state index contributed by atoms with van der Waals surface area (Å²) >= 11 is 0. The summed E-state index contributed by atoms with van der Waals surface area (Å²) in [6, 6.07) is 7.53. The molecule has 152 valence electrons. The highest BCUT2D eigenvalue weighted by Crippen LogP contribution is 2.23. The van der Waals surface area contributed by atoms with Crippen LogP contribution in [0.4, 0.5) is 0 Å². The molecule has 0 atom stereocenters. The van der Waals surface area contributed by atoms with Crippen molar-refractivity contribution in [2.45, 2.75) is 6.42 Å². The van der Waals surface area contributed by atoms with Crippen LogP contribution in [0.2, 0.25) is 0 Å². The van der Waals surface area contributed by atoms with Gasteiger partial charge in [0.25, 0.3) is 5.91 Å². The fourth-order valence-electron chi connectivity index (χ4n) is 3.75. The summed E-state index contributed by atoms with van der Waals surface area (Å²) in [6.07, 6.45) is 9.71. The third kappa shape index (κ3) is 3.33. The molecule has 0 spiro atoms. The van der Waals surface area contributed by atoms with Crippen molar-refractivity contribution in [3.63, 3.8) is 0 Å². The molecule has 1 aliphatic rings. The molecule has 0 bridgehead atoms. The van der Waals surface area contributed by atoms with E-state index in [1.165, 1.54) is 0 Å². The monoisotopic (exact) mass is 402 g/mol. The van der Waals surface area contributed by atoms with Gasteiger partial charge in [0, 0.05) is 44.4 Å². The fourth-order valence-corrected chi connectivity index (χ4v) is 3.75. The van der Waals surface area contributed by atoms with Gasteiger partial charge >= 0.3 is 0 Å². The fraction of sp³-hybridized carbons (Fsp3) is 0.286. The van der Waals surface area contributed by atoms with Crippen LogP contribution in [0.15, 0.2) is 55.4 Å². The Bertz CT molecular complexity index is 1180. The number of amides is 1. The lowest BCUT2D eigenvalue weighted by atomic mass is 10.3. The molecular formula is C21H22N8O. The third-order valence-corrected chi connectivity index (χ3v) is 5.35. The molecule has 5 heterocycles. The number of imidazole rings is 2. The first-order valence-electron chi connectivity index (χ1n) is 9.97. The largest absolute Gasteiger partial charge is 0.336 e. The Kier molecular flexibility index (Phi) is 4.72. The Balaban J connectivity index is 1.53. The van der Waals surface area contributed by atoms with E-state index in [-0.39, 0.29) is 5.91 Å². The molecule has 0 unspecified atom stereocenters. The minimum absolute atomic E-state index is 0.0360. The van der Waals surface area contributed by atoms with Gasteiger partial charge in [-0.05, 0) is 38.2 Å². The molecule has 4 aromatic rings. The molecule has 1 aliphatic heterocycles. The lowest BCUT2D eigenvalue weighted by Crippen LogP contribution is -2.34. The molecule has 0 radical (unpaired) electrons. The molecule has 1 saturated heterocycles. The van der Waals surface area contributed by atoms with Crippen molar-refractivity contribution >= 4 is 11.4 Å². The third-order valence-electron chi connectivity index (χ3n) is 5.35. The molecular weight excluding hydrogens is 380 g/mol. The van der Waals surface area contributed by atoms with E-state index in [1.54, 1.807) is 29.4 Å².